The normalized spacial score (nSPS) is 16.4. The van der Waals surface area contributed by atoms with Crippen molar-refractivity contribution in [1.82, 2.24) is 4.90 Å². The molecular formula is C16H25N3OS. The number of hydrogen-bond donors (Lipinski definition) is 1. The first-order valence-corrected chi connectivity index (χ1v) is 8.60. The van der Waals surface area contributed by atoms with Crippen molar-refractivity contribution in [3.8, 4) is 5.75 Å². The van der Waals surface area contributed by atoms with E-state index in [0.29, 0.717) is 12.5 Å². The van der Waals surface area contributed by atoms with E-state index >= 15 is 0 Å². The summed E-state index contributed by atoms with van der Waals surface area (Å²) in [5, 5.41) is 0. The zero-order valence-corrected chi connectivity index (χ0v) is 13.9. The summed E-state index contributed by atoms with van der Waals surface area (Å²) in [5.41, 5.74) is 8.38. The monoisotopic (exact) mass is 307 g/mol. The molecule has 0 amide bonds. The number of nitrogens with zero attached hydrogens (tertiary/aromatic N) is 2. The molecule has 1 fully saturated rings. The summed E-state index contributed by atoms with van der Waals surface area (Å²) >= 11 is 1.97. The Balaban J connectivity index is 2.07. The van der Waals surface area contributed by atoms with E-state index in [0.717, 1.165) is 35.9 Å². The highest BCUT2D eigenvalue weighted by Gasteiger charge is 2.12. The van der Waals surface area contributed by atoms with E-state index in [2.05, 4.69) is 35.0 Å². The van der Waals surface area contributed by atoms with E-state index < -0.39 is 0 Å². The maximum Gasteiger partial charge on any atom is 0.191 e. The third-order valence-corrected chi connectivity index (χ3v) is 4.27. The van der Waals surface area contributed by atoms with Crippen molar-refractivity contribution in [3.63, 3.8) is 0 Å². The first-order valence-electron chi connectivity index (χ1n) is 7.45. The van der Waals surface area contributed by atoms with Gasteiger partial charge in [0.15, 0.2) is 5.96 Å². The highest BCUT2D eigenvalue weighted by molar-refractivity contribution is 7.99. The molecule has 0 atom stereocenters. The summed E-state index contributed by atoms with van der Waals surface area (Å²) in [7, 11) is 0. The van der Waals surface area contributed by atoms with Crippen LogP contribution in [0.25, 0.3) is 0 Å². The lowest BCUT2D eigenvalue weighted by molar-refractivity contribution is 0.240. The topological polar surface area (TPSA) is 50.8 Å². The summed E-state index contributed by atoms with van der Waals surface area (Å²) in [5.74, 6) is 3.81. The van der Waals surface area contributed by atoms with Crippen LogP contribution in [0, 0.1) is 6.92 Å². The molecule has 1 heterocycles. The van der Waals surface area contributed by atoms with Gasteiger partial charge in [-0.05, 0) is 32.4 Å². The first kappa shape index (κ1) is 16.0. The molecule has 1 aromatic carbocycles. The van der Waals surface area contributed by atoms with E-state index in [-0.39, 0.29) is 6.10 Å². The van der Waals surface area contributed by atoms with Gasteiger partial charge in [-0.15, -0.1) is 0 Å². The molecule has 1 aliphatic rings. The lowest BCUT2D eigenvalue weighted by Crippen LogP contribution is -2.42. The van der Waals surface area contributed by atoms with Gasteiger partial charge in [0.2, 0.25) is 0 Å². The molecule has 0 radical (unpaired) electrons. The molecule has 2 N–H and O–H groups in total. The Morgan fingerprint density at radius 1 is 1.38 bits per heavy atom. The summed E-state index contributed by atoms with van der Waals surface area (Å²) in [6.45, 7) is 8.69. The Morgan fingerprint density at radius 3 is 2.76 bits per heavy atom. The van der Waals surface area contributed by atoms with Gasteiger partial charge in [-0.1, -0.05) is 12.1 Å². The fourth-order valence-electron chi connectivity index (χ4n) is 2.21. The SMILES string of the molecule is Cc1ccc(CN=C(N)N2CCSCC2)c(OC(C)C)c1. The fraction of sp³-hybridized carbons (Fsp3) is 0.562. The number of nitrogens with two attached hydrogens (primary N) is 1. The van der Waals surface area contributed by atoms with Crippen molar-refractivity contribution < 1.29 is 4.74 Å². The highest BCUT2D eigenvalue weighted by atomic mass is 32.2. The molecule has 5 heteroatoms. The largest absolute Gasteiger partial charge is 0.491 e. The minimum Gasteiger partial charge on any atom is -0.491 e. The van der Waals surface area contributed by atoms with Gasteiger partial charge >= 0.3 is 0 Å². The van der Waals surface area contributed by atoms with Crippen LogP contribution >= 0.6 is 11.8 Å². The molecular weight excluding hydrogens is 282 g/mol. The number of thioether (sulfide) groups is 1. The molecule has 4 nitrogen and oxygen atoms in total. The smallest absolute Gasteiger partial charge is 0.191 e. The second-order valence-corrected chi connectivity index (χ2v) is 6.78. The molecule has 0 aliphatic carbocycles. The molecule has 116 valence electrons. The summed E-state index contributed by atoms with van der Waals surface area (Å²) < 4.78 is 5.88. The zero-order valence-electron chi connectivity index (χ0n) is 13.1. The van der Waals surface area contributed by atoms with Gasteiger partial charge in [0.05, 0.1) is 12.6 Å². The average Bonchev–Trinajstić information content (AvgIpc) is 2.46. The fourth-order valence-corrected chi connectivity index (χ4v) is 3.12. The number of rotatable bonds is 4. The quantitative estimate of drug-likeness (QED) is 0.686. The Bertz CT molecular complexity index is 496. The maximum absolute atomic E-state index is 6.10. The van der Waals surface area contributed by atoms with Crippen LogP contribution in [0.5, 0.6) is 5.75 Å². The van der Waals surface area contributed by atoms with Crippen LogP contribution in [0.4, 0.5) is 0 Å². The number of ether oxygens (including phenoxy) is 1. The van der Waals surface area contributed by atoms with Crippen LogP contribution in [0.15, 0.2) is 23.2 Å². The predicted octanol–water partition coefficient (Wildman–Crippen LogP) is 2.65. The zero-order chi connectivity index (χ0) is 15.2. The van der Waals surface area contributed by atoms with Crippen molar-refractivity contribution in [2.24, 2.45) is 10.7 Å². The average molecular weight is 307 g/mol. The molecule has 21 heavy (non-hydrogen) atoms. The molecule has 0 unspecified atom stereocenters. The second kappa shape index (κ2) is 7.59. The van der Waals surface area contributed by atoms with Crippen molar-refractivity contribution in [3.05, 3.63) is 29.3 Å². The molecule has 0 aromatic heterocycles. The first-order chi connectivity index (χ1) is 10.1. The van der Waals surface area contributed by atoms with Gasteiger partial charge in [0.25, 0.3) is 0 Å². The Kier molecular flexibility index (Phi) is 5.79. The van der Waals surface area contributed by atoms with Crippen molar-refractivity contribution in [1.29, 1.82) is 0 Å². The van der Waals surface area contributed by atoms with Crippen molar-refractivity contribution >= 4 is 17.7 Å². The molecule has 1 saturated heterocycles. The number of aliphatic imine (C=N–C) groups is 1. The number of benzene rings is 1. The molecule has 0 saturated carbocycles. The van der Waals surface area contributed by atoms with Gasteiger partial charge in [-0.3, -0.25) is 0 Å². The van der Waals surface area contributed by atoms with Gasteiger partial charge in [0, 0.05) is 30.2 Å². The number of hydrogen-bond acceptors (Lipinski definition) is 3. The highest BCUT2D eigenvalue weighted by Crippen LogP contribution is 2.22. The Morgan fingerprint density at radius 2 is 2.10 bits per heavy atom. The molecule has 0 spiro atoms. The Labute approximate surface area is 131 Å². The molecule has 0 bridgehead atoms. The predicted molar refractivity (Wildman–Crippen MR) is 91.2 cm³/mol. The van der Waals surface area contributed by atoms with Crippen LogP contribution in [0.3, 0.4) is 0 Å². The minimum atomic E-state index is 0.158. The van der Waals surface area contributed by atoms with Crippen molar-refractivity contribution in [2.45, 2.75) is 33.4 Å². The third-order valence-electron chi connectivity index (χ3n) is 3.33. The van der Waals surface area contributed by atoms with E-state index in [9.17, 15) is 0 Å². The summed E-state index contributed by atoms with van der Waals surface area (Å²) in [4.78, 5) is 6.71. The van der Waals surface area contributed by atoms with E-state index in [4.69, 9.17) is 10.5 Å². The lowest BCUT2D eigenvalue weighted by Gasteiger charge is -2.27. The molecule has 1 aliphatic heterocycles. The van der Waals surface area contributed by atoms with Crippen molar-refractivity contribution in [2.75, 3.05) is 24.6 Å². The Hall–Kier alpha value is -1.36. The lowest BCUT2D eigenvalue weighted by atomic mass is 10.1. The maximum atomic E-state index is 6.10. The second-order valence-electron chi connectivity index (χ2n) is 5.55. The van der Waals surface area contributed by atoms with E-state index in [1.165, 1.54) is 5.56 Å². The van der Waals surface area contributed by atoms with E-state index in [1.54, 1.807) is 0 Å². The number of guanidine groups is 1. The standard InChI is InChI=1S/C16H25N3OS/c1-12(2)20-15-10-13(3)4-5-14(15)11-18-16(17)19-6-8-21-9-7-19/h4-5,10,12H,6-9,11H2,1-3H3,(H2,17,18). The van der Waals surface area contributed by atoms with Crippen LogP contribution < -0.4 is 10.5 Å². The van der Waals surface area contributed by atoms with Crippen LogP contribution in [-0.4, -0.2) is 41.6 Å². The summed E-state index contributed by atoms with van der Waals surface area (Å²) in [6, 6.07) is 6.24. The van der Waals surface area contributed by atoms with Crippen LogP contribution in [0.1, 0.15) is 25.0 Å². The summed E-state index contributed by atoms with van der Waals surface area (Å²) in [6.07, 6.45) is 0.158. The van der Waals surface area contributed by atoms with Crippen LogP contribution in [-0.2, 0) is 6.54 Å². The van der Waals surface area contributed by atoms with Gasteiger partial charge in [0.1, 0.15) is 5.75 Å². The number of aryl methyl sites for hydroxylation is 1. The van der Waals surface area contributed by atoms with Crippen LogP contribution in [0.2, 0.25) is 0 Å². The van der Waals surface area contributed by atoms with E-state index in [1.807, 2.05) is 25.6 Å². The van der Waals surface area contributed by atoms with Gasteiger partial charge in [-0.25, -0.2) is 4.99 Å². The molecule has 1 aromatic rings. The van der Waals surface area contributed by atoms with Gasteiger partial charge in [-0.2, -0.15) is 11.8 Å². The third kappa shape index (κ3) is 4.84. The minimum absolute atomic E-state index is 0.158. The van der Waals surface area contributed by atoms with Gasteiger partial charge < -0.3 is 15.4 Å². The molecule has 2 rings (SSSR count).